The summed E-state index contributed by atoms with van der Waals surface area (Å²) in [7, 11) is 0. The van der Waals surface area contributed by atoms with Crippen LogP contribution in [0.5, 0.6) is 0 Å². The molecular formula is C17H25FN2. The summed E-state index contributed by atoms with van der Waals surface area (Å²) in [5.74, 6) is 0.607. The molecule has 1 aromatic rings. The Kier molecular flexibility index (Phi) is 4.37. The summed E-state index contributed by atoms with van der Waals surface area (Å²) in [5, 5.41) is 3.85. The predicted octanol–water partition coefficient (Wildman–Crippen LogP) is 3.35. The van der Waals surface area contributed by atoms with Gasteiger partial charge in [0, 0.05) is 18.6 Å². The first kappa shape index (κ1) is 14.0. The molecule has 1 aliphatic carbocycles. The molecule has 0 spiro atoms. The largest absolute Gasteiger partial charge is 0.306 e. The Hall–Kier alpha value is -0.930. The third-order valence-electron chi connectivity index (χ3n) is 4.69. The maximum atomic E-state index is 13.1. The minimum atomic E-state index is -0.141. The number of rotatable bonds is 5. The number of benzene rings is 1. The van der Waals surface area contributed by atoms with Gasteiger partial charge in [-0.05, 0) is 62.4 Å². The third-order valence-corrected chi connectivity index (χ3v) is 4.69. The van der Waals surface area contributed by atoms with Crippen LogP contribution in [0, 0.1) is 11.7 Å². The van der Waals surface area contributed by atoms with Crippen LogP contribution in [0.3, 0.4) is 0 Å². The molecule has 2 unspecified atom stereocenters. The summed E-state index contributed by atoms with van der Waals surface area (Å²) < 4.78 is 13.1. The molecule has 1 aromatic carbocycles. The van der Waals surface area contributed by atoms with Crippen molar-refractivity contribution in [2.45, 2.75) is 44.7 Å². The highest BCUT2D eigenvalue weighted by Gasteiger charge is 2.34. The Morgan fingerprint density at radius 2 is 2.00 bits per heavy atom. The number of nitrogens with zero attached hydrogens (tertiary/aromatic N) is 1. The molecule has 0 amide bonds. The van der Waals surface area contributed by atoms with Crippen LogP contribution in [-0.4, -0.2) is 30.6 Å². The average molecular weight is 276 g/mol. The lowest BCUT2D eigenvalue weighted by molar-refractivity contribution is 0.187. The minimum Gasteiger partial charge on any atom is -0.306 e. The number of hydrogen-bond donors (Lipinski definition) is 1. The molecule has 1 heterocycles. The van der Waals surface area contributed by atoms with Crippen molar-refractivity contribution in [1.29, 1.82) is 0 Å². The number of likely N-dealkylation sites (N-methyl/N-ethyl adjacent to an activating group) is 1. The summed E-state index contributed by atoms with van der Waals surface area (Å²) in [6, 6.07) is 8.08. The maximum absolute atomic E-state index is 13.1. The Morgan fingerprint density at radius 1 is 1.25 bits per heavy atom. The van der Waals surface area contributed by atoms with Gasteiger partial charge in [0.05, 0.1) is 0 Å². The van der Waals surface area contributed by atoms with Crippen molar-refractivity contribution in [3.05, 3.63) is 35.6 Å². The van der Waals surface area contributed by atoms with Crippen LogP contribution in [0.4, 0.5) is 4.39 Å². The molecule has 2 atom stereocenters. The first-order valence-electron chi connectivity index (χ1n) is 8.00. The van der Waals surface area contributed by atoms with Gasteiger partial charge in [-0.15, -0.1) is 0 Å². The van der Waals surface area contributed by atoms with E-state index in [4.69, 9.17) is 0 Å². The van der Waals surface area contributed by atoms with Crippen molar-refractivity contribution in [2.75, 3.05) is 19.6 Å². The molecule has 0 radical (unpaired) electrons. The van der Waals surface area contributed by atoms with Crippen molar-refractivity contribution >= 4 is 0 Å². The molecule has 2 aliphatic rings. The van der Waals surface area contributed by atoms with E-state index in [2.05, 4.69) is 17.1 Å². The van der Waals surface area contributed by atoms with E-state index in [0.29, 0.717) is 12.1 Å². The van der Waals surface area contributed by atoms with Crippen LogP contribution in [0.1, 0.15) is 44.2 Å². The van der Waals surface area contributed by atoms with E-state index in [9.17, 15) is 4.39 Å². The fourth-order valence-corrected chi connectivity index (χ4v) is 3.34. The van der Waals surface area contributed by atoms with Gasteiger partial charge in [0.1, 0.15) is 5.82 Å². The summed E-state index contributed by atoms with van der Waals surface area (Å²) in [6.07, 6.45) is 5.16. The fourth-order valence-electron chi connectivity index (χ4n) is 3.34. The maximum Gasteiger partial charge on any atom is 0.123 e. The Morgan fingerprint density at radius 3 is 2.65 bits per heavy atom. The molecule has 0 aromatic heterocycles. The van der Waals surface area contributed by atoms with Crippen LogP contribution < -0.4 is 5.32 Å². The molecular weight excluding hydrogens is 251 g/mol. The van der Waals surface area contributed by atoms with Crippen LogP contribution in [0.25, 0.3) is 0 Å². The smallest absolute Gasteiger partial charge is 0.123 e. The lowest BCUT2D eigenvalue weighted by atomic mass is 9.98. The molecule has 0 bridgehead atoms. The standard InChI is InChI=1S/C17H25FN2/c1-2-20-11-3-4-16(12-20)19-17(13-5-6-13)14-7-9-15(18)10-8-14/h7-10,13,16-17,19H,2-6,11-12H2,1H3. The SMILES string of the molecule is CCN1CCCC(NC(c2ccc(F)cc2)C2CC2)C1. The van der Waals surface area contributed by atoms with E-state index < -0.39 is 0 Å². The lowest BCUT2D eigenvalue weighted by Crippen LogP contribution is -2.47. The normalized spacial score (nSPS) is 25.6. The van der Waals surface area contributed by atoms with Crippen molar-refractivity contribution in [3.8, 4) is 0 Å². The van der Waals surface area contributed by atoms with Gasteiger partial charge < -0.3 is 10.2 Å². The van der Waals surface area contributed by atoms with E-state index in [1.807, 2.05) is 12.1 Å². The number of hydrogen-bond acceptors (Lipinski definition) is 2. The monoisotopic (exact) mass is 276 g/mol. The van der Waals surface area contributed by atoms with Crippen molar-refractivity contribution < 1.29 is 4.39 Å². The highest BCUT2D eigenvalue weighted by atomic mass is 19.1. The van der Waals surface area contributed by atoms with Gasteiger partial charge in [-0.1, -0.05) is 19.1 Å². The van der Waals surface area contributed by atoms with Gasteiger partial charge in [0.15, 0.2) is 0 Å². The molecule has 1 aliphatic heterocycles. The summed E-state index contributed by atoms with van der Waals surface area (Å²) >= 11 is 0. The predicted molar refractivity (Wildman–Crippen MR) is 80.1 cm³/mol. The first-order valence-corrected chi connectivity index (χ1v) is 8.00. The number of halogens is 1. The number of nitrogens with one attached hydrogen (secondary N) is 1. The van der Waals surface area contributed by atoms with E-state index in [1.165, 1.54) is 37.8 Å². The van der Waals surface area contributed by atoms with Gasteiger partial charge in [0.25, 0.3) is 0 Å². The number of likely N-dealkylation sites (tertiary alicyclic amines) is 1. The zero-order valence-corrected chi connectivity index (χ0v) is 12.3. The van der Waals surface area contributed by atoms with Crippen molar-refractivity contribution in [2.24, 2.45) is 5.92 Å². The Balaban J connectivity index is 1.67. The quantitative estimate of drug-likeness (QED) is 0.887. The first-order chi connectivity index (χ1) is 9.76. The molecule has 3 rings (SSSR count). The van der Waals surface area contributed by atoms with Crippen molar-refractivity contribution in [1.82, 2.24) is 10.2 Å². The average Bonchev–Trinajstić information content (AvgIpc) is 3.31. The Labute approximate surface area is 121 Å². The second-order valence-electron chi connectivity index (χ2n) is 6.27. The molecule has 110 valence electrons. The molecule has 1 N–H and O–H groups in total. The second-order valence-corrected chi connectivity index (χ2v) is 6.27. The summed E-state index contributed by atoms with van der Waals surface area (Å²) in [6.45, 7) is 5.77. The van der Waals surface area contributed by atoms with Gasteiger partial charge in [0.2, 0.25) is 0 Å². The molecule has 1 saturated carbocycles. The molecule has 20 heavy (non-hydrogen) atoms. The molecule has 1 saturated heterocycles. The molecule has 2 nitrogen and oxygen atoms in total. The van der Waals surface area contributed by atoms with Gasteiger partial charge in [-0.2, -0.15) is 0 Å². The van der Waals surface area contributed by atoms with Crippen LogP contribution >= 0.6 is 0 Å². The zero-order chi connectivity index (χ0) is 13.9. The summed E-state index contributed by atoms with van der Waals surface area (Å²) in [5.41, 5.74) is 1.25. The zero-order valence-electron chi connectivity index (χ0n) is 12.3. The van der Waals surface area contributed by atoms with E-state index >= 15 is 0 Å². The van der Waals surface area contributed by atoms with Crippen LogP contribution in [-0.2, 0) is 0 Å². The minimum absolute atomic E-state index is 0.141. The molecule has 2 fully saturated rings. The van der Waals surface area contributed by atoms with Gasteiger partial charge >= 0.3 is 0 Å². The number of piperidine rings is 1. The summed E-state index contributed by atoms with van der Waals surface area (Å²) in [4.78, 5) is 2.52. The van der Waals surface area contributed by atoms with Crippen LogP contribution in [0.15, 0.2) is 24.3 Å². The van der Waals surface area contributed by atoms with E-state index in [1.54, 1.807) is 12.1 Å². The van der Waals surface area contributed by atoms with Crippen molar-refractivity contribution in [3.63, 3.8) is 0 Å². The van der Waals surface area contributed by atoms with Gasteiger partial charge in [-0.25, -0.2) is 4.39 Å². The lowest BCUT2D eigenvalue weighted by Gasteiger charge is -2.35. The Bertz CT molecular complexity index is 427. The fraction of sp³-hybridized carbons (Fsp3) is 0.647. The van der Waals surface area contributed by atoms with Gasteiger partial charge in [-0.3, -0.25) is 0 Å². The second kappa shape index (κ2) is 6.23. The topological polar surface area (TPSA) is 15.3 Å². The highest BCUT2D eigenvalue weighted by molar-refractivity contribution is 5.22. The third kappa shape index (κ3) is 3.39. The van der Waals surface area contributed by atoms with E-state index in [0.717, 1.165) is 19.0 Å². The molecule has 3 heteroatoms. The highest BCUT2D eigenvalue weighted by Crippen LogP contribution is 2.41. The van der Waals surface area contributed by atoms with Crippen LogP contribution in [0.2, 0.25) is 0 Å². The van der Waals surface area contributed by atoms with E-state index in [-0.39, 0.29) is 5.82 Å².